The number of alkyl halides is 3. The van der Waals surface area contributed by atoms with Crippen LogP contribution in [0, 0.1) is 5.92 Å². The topological polar surface area (TPSA) is 38.3 Å². The Hall–Kier alpha value is -0.780. The largest absolute Gasteiger partial charge is 0.468 e. The van der Waals surface area contributed by atoms with Crippen LogP contribution in [0.1, 0.15) is 27.2 Å². The molecular formula is C10H18F3NO2. The van der Waals surface area contributed by atoms with Crippen LogP contribution in [0.4, 0.5) is 13.2 Å². The minimum atomic E-state index is -4.34. The quantitative estimate of drug-likeness (QED) is 0.749. The van der Waals surface area contributed by atoms with Crippen molar-refractivity contribution in [1.82, 2.24) is 5.32 Å². The number of esters is 1. The van der Waals surface area contributed by atoms with E-state index in [0.29, 0.717) is 0 Å². The molecule has 1 N–H and O–H groups in total. The lowest BCUT2D eigenvalue weighted by Crippen LogP contribution is -2.53. The molecule has 0 fully saturated rings. The van der Waals surface area contributed by atoms with Crippen molar-refractivity contribution in [2.45, 2.75) is 38.9 Å². The summed E-state index contributed by atoms with van der Waals surface area (Å²) in [5.41, 5.74) is -1.29. The maximum absolute atomic E-state index is 12.1. The predicted octanol–water partition coefficient (Wildman–Crippen LogP) is 2.12. The smallest absolute Gasteiger partial charge is 0.401 e. The first-order chi connectivity index (χ1) is 7.10. The number of methoxy groups -OCH3 is 1. The molecule has 0 aromatic rings. The molecule has 0 spiro atoms. The molecule has 6 heteroatoms. The van der Waals surface area contributed by atoms with Crippen LogP contribution in [0.3, 0.4) is 0 Å². The molecule has 0 rings (SSSR count). The van der Waals surface area contributed by atoms with Gasteiger partial charge in [0, 0.05) is 0 Å². The number of carbonyl (C=O) groups is 1. The summed E-state index contributed by atoms with van der Waals surface area (Å²) in [7, 11) is 1.16. The highest BCUT2D eigenvalue weighted by atomic mass is 19.4. The van der Waals surface area contributed by atoms with E-state index in [1.54, 1.807) is 0 Å². The Morgan fingerprint density at radius 1 is 1.38 bits per heavy atom. The van der Waals surface area contributed by atoms with Gasteiger partial charge in [-0.25, -0.2) is 0 Å². The Bertz CT molecular complexity index is 241. The van der Waals surface area contributed by atoms with Crippen LogP contribution in [0.2, 0.25) is 0 Å². The zero-order chi connectivity index (χ0) is 13.0. The molecule has 0 radical (unpaired) electrons. The van der Waals surface area contributed by atoms with Gasteiger partial charge in [-0.05, 0) is 19.3 Å². The molecule has 0 aliphatic carbocycles. The van der Waals surface area contributed by atoms with Gasteiger partial charge in [-0.3, -0.25) is 10.1 Å². The van der Waals surface area contributed by atoms with Crippen molar-refractivity contribution in [3.05, 3.63) is 0 Å². The number of ether oxygens (including phenoxy) is 1. The van der Waals surface area contributed by atoms with E-state index in [-0.39, 0.29) is 12.3 Å². The van der Waals surface area contributed by atoms with Crippen molar-refractivity contribution in [3.8, 4) is 0 Å². The highest BCUT2D eigenvalue weighted by molar-refractivity contribution is 5.80. The van der Waals surface area contributed by atoms with Crippen LogP contribution in [0.5, 0.6) is 0 Å². The number of hydrogen-bond donors (Lipinski definition) is 1. The van der Waals surface area contributed by atoms with Gasteiger partial charge in [-0.1, -0.05) is 13.8 Å². The van der Waals surface area contributed by atoms with Crippen LogP contribution in [-0.4, -0.2) is 31.3 Å². The predicted molar refractivity (Wildman–Crippen MR) is 53.9 cm³/mol. The number of halogens is 3. The van der Waals surface area contributed by atoms with E-state index in [4.69, 9.17) is 0 Å². The highest BCUT2D eigenvalue weighted by Gasteiger charge is 2.38. The molecule has 3 nitrogen and oxygen atoms in total. The van der Waals surface area contributed by atoms with Crippen molar-refractivity contribution < 1.29 is 22.7 Å². The lowest BCUT2D eigenvalue weighted by Gasteiger charge is -2.30. The van der Waals surface area contributed by atoms with Gasteiger partial charge in [0.1, 0.15) is 5.54 Å². The maximum atomic E-state index is 12.1. The van der Waals surface area contributed by atoms with Gasteiger partial charge >= 0.3 is 12.1 Å². The third-order valence-corrected chi connectivity index (χ3v) is 2.13. The Balaban J connectivity index is 4.61. The second-order valence-corrected chi connectivity index (χ2v) is 4.39. The maximum Gasteiger partial charge on any atom is 0.401 e. The van der Waals surface area contributed by atoms with E-state index in [2.05, 4.69) is 10.1 Å². The van der Waals surface area contributed by atoms with Crippen molar-refractivity contribution in [2.75, 3.05) is 13.7 Å². The van der Waals surface area contributed by atoms with E-state index in [0.717, 1.165) is 7.11 Å². The molecule has 1 atom stereocenters. The molecule has 0 aromatic carbocycles. The molecule has 0 saturated heterocycles. The summed E-state index contributed by atoms with van der Waals surface area (Å²) in [5.74, 6) is -0.588. The highest BCUT2D eigenvalue weighted by Crippen LogP contribution is 2.21. The summed E-state index contributed by atoms with van der Waals surface area (Å²) < 4.78 is 40.7. The molecule has 0 amide bonds. The van der Waals surface area contributed by atoms with Crippen LogP contribution >= 0.6 is 0 Å². The SMILES string of the molecule is COC(=O)C(C)(CC(C)C)NCC(F)(F)F. The average molecular weight is 241 g/mol. The Kier molecular flexibility index (Phi) is 5.25. The fraction of sp³-hybridized carbons (Fsp3) is 0.900. The fourth-order valence-electron chi connectivity index (χ4n) is 1.56. The van der Waals surface area contributed by atoms with Crippen molar-refractivity contribution in [2.24, 2.45) is 5.92 Å². The molecule has 96 valence electrons. The van der Waals surface area contributed by atoms with Crippen molar-refractivity contribution in [3.63, 3.8) is 0 Å². The van der Waals surface area contributed by atoms with Gasteiger partial charge in [0.05, 0.1) is 13.7 Å². The summed E-state index contributed by atoms with van der Waals surface area (Å²) in [4.78, 5) is 11.4. The Labute approximate surface area is 93.3 Å². The second kappa shape index (κ2) is 5.52. The lowest BCUT2D eigenvalue weighted by molar-refractivity contribution is -0.153. The minimum absolute atomic E-state index is 0.0878. The van der Waals surface area contributed by atoms with Gasteiger partial charge in [-0.15, -0.1) is 0 Å². The van der Waals surface area contributed by atoms with Crippen LogP contribution in [0.15, 0.2) is 0 Å². The molecular weight excluding hydrogens is 223 g/mol. The van der Waals surface area contributed by atoms with Gasteiger partial charge in [0.2, 0.25) is 0 Å². The molecule has 0 aliphatic heterocycles. The lowest BCUT2D eigenvalue weighted by atomic mass is 9.90. The third-order valence-electron chi connectivity index (χ3n) is 2.13. The van der Waals surface area contributed by atoms with E-state index < -0.39 is 24.2 Å². The minimum Gasteiger partial charge on any atom is -0.468 e. The summed E-state index contributed by atoms with van der Waals surface area (Å²) in [6.07, 6.45) is -4.05. The van der Waals surface area contributed by atoms with E-state index in [1.165, 1.54) is 6.92 Å². The molecule has 0 heterocycles. The number of rotatable bonds is 5. The molecule has 0 aliphatic rings. The van der Waals surface area contributed by atoms with Crippen LogP contribution in [0.25, 0.3) is 0 Å². The number of nitrogens with one attached hydrogen (secondary N) is 1. The first-order valence-electron chi connectivity index (χ1n) is 5.01. The van der Waals surface area contributed by atoms with Crippen molar-refractivity contribution in [1.29, 1.82) is 0 Å². The zero-order valence-corrected chi connectivity index (χ0v) is 9.94. The zero-order valence-electron chi connectivity index (χ0n) is 9.94. The van der Waals surface area contributed by atoms with E-state index >= 15 is 0 Å². The summed E-state index contributed by atoms with van der Waals surface area (Å²) >= 11 is 0. The van der Waals surface area contributed by atoms with Crippen molar-refractivity contribution >= 4 is 5.97 Å². The normalized spacial score (nSPS) is 16.0. The van der Waals surface area contributed by atoms with E-state index in [9.17, 15) is 18.0 Å². The summed E-state index contributed by atoms with van der Waals surface area (Å²) in [5, 5.41) is 2.22. The molecule has 0 bridgehead atoms. The number of carbonyl (C=O) groups excluding carboxylic acids is 1. The van der Waals surface area contributed by atoms with Gasteiger partial charge < -0.3 is 4.74 Å². The van der Waals surface area contributed by atoms with Crippen LogP contribution < -0.4 is 5.32 Å². The molecule has 0 saturated carbocycles. The van der Waals surface area contributed by atoms with Crippen LogP contribution in [-0.2, 0) is 9.53 Å². The first-order valence-corrected chi connectivity index (χ1v) is 5.01. The molecule has 0 aromatic heterocycles. The Morgan fingerprint density at radius 3 is 2.19 bits per heavy atom. The Morgan fingerprint density at radius 2 is 1.88 bits per heavy atom. The molecule has 16 heavy (non-hydrogen) atoms. The summed E-state index contributed by atoms with van der Waals surface area (Å²) in [6, 6.07) is 0. The fourth-order valence-corrected chi connectivity index (χ4v) is 1.56. The average Bonchev–Trinajstić information content (AvgIpc) is 2.11. The van der Waals surface area contributed by atoms with Gasteiger partial charge in [0.25, 0.3) is 0 Å². The second-order valence-electron chi connectivity index (χ2n) is 4.39. The summed E-state index contributed by atoms with van der Waals surface area (Å²) in [6.45, 7) is 3.88. The monoisotopic (exact) mass is 241 g/mol. The van der Waals surface area contributed by atoms with E-state index in [1.807, 2.05) is 13.8 Å². The third kappa shape index (κ3) is 5.34. The standard InChI is InChI=1S/C10H18F3NO2/c1-7(2)5-9(3,8(15)16-4)14-6-10(11,12)13/h7,14H,5-6H2,1-4H3. The molecule has 1 unspecified atom stereocenters. The van der Waals surface area contributed by atoms with Gasteiger partial charge in [0.15, 0.2) is 0 Å². The first kappa shape index (κ1) is 15.2. The number of hydrogen-bond acceptors (Lipinski definition) is 3. The van der Waals surface area contributed by atoms with Gasteiger partial charge in [-0.2, -0.15) is 13.2 Å².